The molecule has 0 aromatic heterocycles. The lowest BCUT2D eigenvalue weighted by atomic mass is 10.3. The van der Waals surface area contributed by atoms with Crippen LogP contribution < -0.4 is 0 Å². The Morgan fingerprint density at radius 1 is 1.43 bits per heavy atom. The molecule has 0 aliphatic heterocycles. The predicted molar refractivity (Wildman–Crippen MR) is 63.2 cm³/mol. The number of ether oxygens (including phenoxy) is 1. The van der Waals surface area contributed by atoms with Gasteiger partial charge in [0, 0.05) is 6.42 Å². The van der Waals surface area contributed by atoms with Gasteiger partial charge in [-0.25, -0.2) is 0 Å². The van der Waals surface area contributed by atoms with Crippen LogP contribution >= 0.6 is 0 Å². The molecule has 0 amide bonds. The zero-order valence-electron chi connectivity index (χ0n) is 9.96. The Hall–Kier alpha value is -0.573. The quantitative estimate of drug-likeness (QED) is 0.399. The van der Waals surface area contributed by atoms with Gasteiger partial charge in [-0.05, 0) is 19.4 Å². The molecule has 0 aromatic carbocycles. The highest BCUT2D eigenvalue weighted by Crippen LogP contribution is 2.27. The van der Waals surface area contributed by atoms with Crippen molar-refractivity contribution in [2.45, 2.75) is 45.5 Å². The van der Waals surface area contributed by atoms with Crippen molar-refractivity contribution in [1.82, 2.24) is 0 Å². The van der Waals surface area contributed by atoms with Crippen LogP contribution in [-0.4, -0.2) is 20.7 Å². The maximum absolute atomic E-state index is 11.3. The molecule has 0 aromatic rings. The first-order chi connectivity index (χ1) is 6.41. The first-order valence-electron chi connectivity index (χ1n) is 5.20. The van der Waals surface area contributed by atoms with E-state index < -0.39 is 8.07 Å². The van der Waals surface area contributed by atoms with Crippen LogP contribution in [-0.2, 0) is 9.53 Å². The molecule has 0 saturated heterocycles. The minimum absolute atomic E-state index is 0.0713. The molecule has 0 aliphatic rings. The lowest BCUT2D eigenvalue weighted by molar-refractivity contribution is -0.143. The van der Waals surface area contributed by atoms with Crippen molar-refractivity contribution in [2.24, 2.45) is 0 Å². The number of allylic oxidation sites excluding steroid dienone is 2. The predicted octanol–water partition coefficient (Wildman–Crippen LogP) is 3.22. The van der Waals surface area contributed by atoms with Crippen molar-refractivity contribution in [3.05, 3.63) is 12.2 Å². The van der Waals surface area contributed by atoms with Crippen molar-refractivity contribution >= 4 is 14.0 Å². The summed E-state index contributed by atoms with van der Waals surface area (Å²) >= 11 is 0. The normalized spacial score (nSPS) is 14.4. The lowest BCUT2D eigenvalue weighted by Gasteiger charge is -2.25. The van der Waals surface area contributed by atoms with Gasteiger partial charge in [0.1, 0.15) is 0 Å². The van der Waals surface area contributed by atoms with Gasteiger partial charge in [0.25, 0.3) is 0 Å². The van der Waals surface area contributed by atoms with E-state index in [1.807, 2.05) is 19.9 Å². The molecular formula is C11H22O2Si. The Bertz CT molecular complexity index is 204. The maximum Gasteiger partial charge on any atom is 0.306 e. The zero-order valence-corrected chi connectivity index (χ0v) is 11.0. The second-order valence-electron chi connectivity index (χ2n) is 4.51. The van der Waals surface area contributed by atoms with Crippen LogP contribution in [0.2, 0.25) is 25.2 Å². The third-order valence-electron chi connectivity index (χ3n) is 2.23. The molecule has 0 rings (SSSR count). The SMILES string of the molecule is C/C=C/[C@H](CC(=O)OCC)[Si](C)(C)C. The third-order valence-corrected chi connectivity index (χ3v) is 4.85. The van der Waals surface area contributed by atoms with Gasteiger partial charge < -0.3 is 4.74 Å². The molecule has 0 fully saturated rings. The number of carbonyl (C=O) groups excluding carboxylic acids is 1. The van der Waals surface area contributed by atoms with Crippen molar-refractivity contribution in [1.29, 1.82) is 0 Å². The fraction of sp³-hybridized carbons (Fsp3) is 0.727. The van der Waals surface area contributed by atoms with Crippen LogP contribution in [0.3, 0.4) is 0 Å². The summed E-state index contributed by atoms with van der Waals surface area (Å²) in [4.78, 5) is 11.3. The summed E-state index contributed by atoms with van der Waals surface area (Å²) in [6.07, 6.45) is 4.71. The minimum atomic E-state index is -1.29. The molecule has 0 unspecified atom stereocenters. The Morgan fingerprint density at radius 2 is 2.00 bits per heavy atom. The van der Waals surface area contributed by atoms with Gasteiger partial charge in [-0.2, -0.15) is 0 Å². The molecule has 0 radical (unpaired) electrons. The number of hydrogen-bond donors (Lipinski definition) is 0. The first-order valence-corrected chi connectivity index (χ1v) is 8.78. The fourth-order valence-electron chi connectivity index (χ4n) is 1.29. The molecule has 0 saturated carbocycles. The summed E-state index contributed by atoms with van der Waals surface area (Å²) in [6.45, 7) is 11.1. The van der Waals surface area contributed by atoms with E-state index in [1.54, 1.807) is 0 Å². The molecule has 1 atom stereocenters. The molecule has 0 heterocycles. The van der Waals surface area contributed by atoms with Crippen LogP contribution in [0.4, 0.5) is 0 Å². The highest BCUT2D eigenvalue weighted by molar-refractivity contribution is 6.78. The van der Waals surface area contributed by atoms with Crippen molar-refractivity contribution in [3.8, 4) is 0 Å². The van der Waals surface area contributed by atoms with Gasteiger partial charge in [-0.15, -0.1) is 0 Å². The smallest absolute Gasteiger partial charge is 0.306 e. The van der Waals surface area contributed by atoms with Crippen molar-refractivity contribution in [2.75, 3.05) is 6.61 Å². The molecule has 0 aliphatic carbocycles. The molecule has 0 N–H and O–H groups in total. The Morgan fingerprint density at radius 3 is 2.36 bits per heavy atom. The zero-order chi connectivity index (χ0) is 11.2. The monoisotopic (exact) mass is 214 g/mol. The highest BCUT2D eigenvalue weighted by Gasteiger charge is 2.26. The molecule has 14 heavy (non-hydrogen) atoms. The van der Waals surface area contributed by atoms with Gasteiger partial charge in [0.15, 0.2) is 0 Å². The van der Waals surface area contributed by atoms with Crippen molar-refractivity contribution < 1.29 is 9.53 Å². The number of rotatable bonds is 5. The summed E-state index contributed by atoms with van der Waals surface area (Å²) in [5, 5.41) is 0. The van der Waals surface area contributed by atoms with Gasteiger partial charge in [0.05, 0.1) is 14.7 Å². The number of hydrogen-bond acceptors (Lipinski definition) is 2. The second kappa shape index (κ2) is 6.01. The number of carbonyl (C=O) groups is 1. The minimum Gasteiger partial charge on any atom is -0.466 e. The van der Waals surface area contributed by atoms with Crippen LogP contribution in [0, 0.1) is 0 Å². The van der Waals surface area contributed by atoms with E-state index in [0.29, 0.717) is 18.6 Å². The van der Waals surface area contributed by atoms with Gasteiger partial charge in [0.2, 0.25) is 0 Å². The Kier molecular flexibility index (Phi) is 5.77. The van der Waals surface area contributed by atoms with Crippen molar-refractivity contribution in [3.63, 3.8) is 0 Å². The average molecular weight is 214 g/mol. The summed E-state index contributed by atoms with van der Waals surface area (Å²) in [6, 6.07) is 0. The largest absolute Gasteiger partial charge is 0.466 e. The van der Waals surface area contributed by atoms with Gasteiger partial charge in [-0.1, -0.05) is 31.8 Å². The first kappa shape index (κ1) is 13.4. The van der Waals surface area contributed by atoms with Gasteiger partial charge >= 0.3 is 5.97 Å². The van der Waals surface area contributed by atoms with E-state index in [0.717, 1.165) is 0 Å². The summed E-state index contributed by atoms with van der Waals surface area (Å²) in [7, 11) is -1.29. The molecule has 0 bridgehead atoms. The molecule has 2 nitrogen and oxygen atoms in total. The summed E-state index contributed by atoms with van der Waals surface area (Å²) < 4.78 is 4.96. The molecule has 0 spiro atoms. The van der Waals surface area contributed by atoms with E-state index in [-0.39, 0.29) is 5.97 Å². The summed E-state index contributed by atoms with van der Waals surface area (Å²) in [5.41, 5.74) is 0.395. The Labute approximate surface area is 88.4 Å². The van der Waals surface area contributed by atoms with Crippen LogP contribution in [0.1, 0.15) is 20.3 Å². The molecule has 3 heteroatoms. The summed E-state index contributed by atoms with van der Waals surface area (Å²) in [5.74, 6) is -0.0713. The van der Waals surface area contributed by atoms with E-state index in [2.05, 4.69) is 25.7 Å². The van der Waals surface area contributed by atoms with Crippen LogP contribution in [0.15, 0.2) is 12.2 Å². The van der Waals surface area contributed by atoms with E-state index >= 15 is 0 Å². The standard InChI is InChI=1S/C11H22O2Si/c1-6-8-10(14(3,4)5)9-11(12)13-7-2/h6,8,10H,7,9H2,1-5H3/b8-6+/t10-/m1/s1. The van der Waals surface area contributed by atoms with Crippen LogP contribution in [0.5, 0.6) is 0 Å². The second-order valence-corrected chi connectivity index (χ2v) is 9.98. The Balaban J connectivity index is 4.31. The highest BCUT2D eigenvalue weighted by atomic mass is 28.3. The van der Waals surface area contributed by atoms with E-state index in [9.17, 15) is 4.79 Å². The molecule has 82 valence electrons. The average Bonchev–Trinajstić information content (AvgIpc) is 2.02. The van der Waals surface area contributed by atoms with E-state index in [1.165, 1.54) is 0 Å². The third kappa shape index (κ3) is 5.22. The fourth-order valence-corrected chi connectivity index (χ4v) is 2.84. The maximum atomic E-state index is 11.3. The molecular weight excluding hydrogens is 192 g/mol. The van der Waals surface area contributed by atoms with Crippen LogP contribution in [0.25, 0.3) is 0 Å². The van der Waals surface area contributed by atoms with E-state index in [4.69, 9.17) is 4.74 Å². The lowest BCUT2D eigenvalue weighted by Crippen LogP contribution is -2.29. The number of esters is 1. The topological polar surface area (TPSA) is 26.3 Å². The van der Waals surface area contributed by atoms with Gasteiger partial charge in [-0.3, -0.25) is 4.79 Å².